The van der Waals surface area contributed by atoms with E-state index in [9.17, 15) is 0 Å². The molecule has 2 rings (SSSR count). The van der Waals surface area contributed by atoms with E-state index in [0.717, 1.165) is 11.4 Å². The largest absolute Gasteiger partial charge is 0.0827 e. The molecule has 0 spiro atoms. The van der Waals surface area contributed by atoms with Gasteiger partial charge in [-0.25, -0.2) is 0 Å². The average molecular weight is 159 g/mol. The highest BCUT2D eigenvalue weighted by Gasteiger charge is 2.21. The third-order valence-electron chi connectivity index (χ3n) is 1.54. The summed E-state index contributed by atoms with van der Waals surface area (Å²) in [5.41, 5.74) is 2.56. The summed E-state index contributed by atoms with van der Waals surface area (Å²) in [6.45, 7) is 0. The van der Waals surface area contributed by atoms with Gasteiger partial charge in [-0.1, -0.05) is 29.3 Å². The number of hydrogen-bond acceptors (Lipinski definition) is 0. The molecule has 0 aliphatic heterocycles. The first-order valence-electron chi connectivity index (χ1n) is 2.75. The van der Waals surface area contributed by atoms with Gasteiger partial charge in [-0.05, 0) is 23.6 Å². The van der Waals surface area contributed by atoms with Gasteiger partial charge in [0, 0.05) is 0 Å². The van der Waals surface area contributed by atoms with E-state index < -0.39 is 0 Å². The first kappa shape index (κ1) is 5.57. The molecule has 0 saturated carbocycles. The molecule has 1 aliphatic rings. The zero-order valence-corrected chi connectivity index (χ0v) is 6.13. The fraction of sp³-hybridized carbons (Fsp3) is 0.143. The number of fused-ring (bicyclic) bond motifs is 1. The fourth-order valence-electron chi connectivity index (χ4n) is 0.915. The molecular formula is C7H4Cl2. The van der Waals surface area contributed by atoms with Crippen molar-refractivity contribution < 1.29 is 0 Å². The van der Waals surface area contributed by atoms with Crippen molar-refractivity contribution in [1.29, 1.82) is 0 Å². The molecule has 0 atom stereocenters. The molecule has 0 bridgehead atoms. The molecule has 0 N–H and O–H groups in total. The van der Waals surface area contributed by atoms with E-state index >= 15 is 0 Å². The van der Waals surface area contributed by atoms with Crippen LogP contribution in [0, 0.1) is 0 Å². The molecule has 1 aliphatic carbocycles. The monoisotopic (exact) mass is 158 g/mol. The lowest BCUT2D eigenvalue weighted by Crippen LogP contribution is -1.63. The Labute approximate surface area is 63.4 Å². The SMILES string of the molecule is Clc1ccc2c(c1Cl)C2. The Morgan fingerprint density at radius 3 is 2.67 bits per heavy atom. The smallest absolute Gasteiger partial charge is 0.0630 e. The highest BCUT2D eigenvalue weighted by atomic mass is 35.5. The minimum Gasteiger partial charge on any atom is -0.0827 e. The standard InChI is InChI=1S/C7H4Cl2/c8-6-2-1-4-3-5(4)7(6)9/h1-2H,3H2. The molecule has 1 aromatic rings. The quantitative estimate of drug-likeness (QED) is 0.554. The minimum absolute atomic E-state index is 0.674. The van der Waals surface area contributed by atoms with Crippen molar-refractivity contribution in [3.63, 3.8) is 0 Å². The van der Waals surface area contributed by atoms with Crippen LogP contribution in [0.2, 0.25) is 10.0 Å². The molecule has 0 nitrogen and oxygen atoms in total. The van der Waals surface area contributed by atoms with Gasteiger partial charge in [-0.3, -0.25) is 0 Å². The second-order valence-electron chi connectivity index (χ2n) is 2.18. The summed E-state index contributed by atoms with van der Waals surface area (Å²) < 4.78 is 0. The van der Waals surface area contributed by atoms with Crippen LogP contribution >= 0.6 is 23.2 Å². The molecule has 1 aromatic carbocycles. The molecule has 0 amide bonds. The van der Waals surface area contributed by atoms with Crippen LogP contribution in [0.1, 0.15) is 11.1 Å². The molecule has 0 unspecified atom stereocenters. The summed E-state index contributed by atoms with van der Waals surface area (Å²) in [5.74, 6) is 0. The topological polar surface area (TPSA) is 0 Å². The van der Waals surface area contributed by atoms with E-state index in [2.05, 4.69) is 0 Å². The van der Waals surface area contributed by atoms with Crippen LogP contribution in [-0.4, -0.2) is 0 Å². The maximum Gasteiger partial charge on any atom is 0.0630 e. The second kappa shape index (κ2) is 1.65. The highest BCUT2D eigenvalue weighted by Crippen LogP contribution is 2.38. The Kier molecular flexibility index (Phi) is 1.02. The van der Waals surface area contributed by atoms with Gasteiger partial charge in [0.2, 0.25) is 0 Å². The molecule has 9 heavy (non-hydrogen) atoms. The zero-order chi connectivity index (χ0) is 6.43. The molecular weight excluding hydrogens is 155 g/mol. The first-order chi connectivity index (χ1) is 4.29. The zero-order valence-electron chi connectivity index (χ0n) is 4.62. The minimum atomic E-state index is 0.674. The first-order valence-corrected chi connectivity index (χ1v) is 3.50. The van der Waals surface area contributed by atoms with E-state index in [1.54, 1.807) is 0 Å². The van der Waals surface area contributed by atoms with Gasteiger partial charge in [-0.2, -0.15) is 0 Å². The van der Waals surface area contributed by atoms with E-state index in [0.29, 0.717) is 5.02 Å². The molecule has 0 radical (unpaired) electrons. The molecule has 0 heterocycles. The van der Waals surface area contributed by atoms with Crippen LogP contribution < -0.4 is 0 Å². The Morgan fingerprint density at radius 1 is 1.22 bits per heavy atom. The maximum atomic E-state index is 5.80. The summed E-state index contributed by atoms with van der Waals surface area (Å²) in [7, 11) is 0. The van der Waals surface area contributed by atoms with Gasteiger partial charge in [-0.15, -0.1) is 0 Å². The van der Waals surface area contributed by atoms with E-state index in [-0.39, 0.29) is 0 Å². The van der Waals surface area contributed by atoms with E-state index in [1.165, 1.54) is 11.1 Å². The summed E-state index contributed by atoms with van der Waals surface area (Å²) >= 11 is 11.5. The lowest BCUT2D eigenvalue weighted by molar-refractivity contribution is 1.61. The van der Waals surface area contributed by atoms with Crippen LogP contribution in [0.4, 0.5) is 0 Å². The predicted molar refractivity (Wildman–Crippen MR) is 39.3 cm³/mol. The Balaban J connectivity index is 2.70. The van der Waals surface area contributed by atoms with Crippen LogP contribution in [0.3, 0.4) is 0 Å². The Morgan fingerprint density at radius 2 is 2.00 bits per heavy atom. The van der Waals surface area contributed by atoms with Gasteiger partial charge in [0.1, 0.15) is 0 Å². The van der Waals surface area contributed by atoms with Crippen molar-refractivity contribution in [2.45, 2.75) is 6.42 Å². The summed E-state index contributed by atoms with van der Waals surface area (Å²) in [6.07, 6.45) is 1.03. The molecule has 0 saturated heterocycles. The number of benzene rings is 1. The Hall–Kier alpha value is -0.200. The van der Waals surface area contributed by atoms with Crippen LogP contribution in [0.15, 0.2) is 12.1 Å². The normalized spacial score (nSPS) is 13.1. The van der Waals surface area contributed by atoms with Gasteiger partial charge in [0.25, 0.3) is 0 Å². The summed E-state index contributed by atoms with van der Waals surface area (Å²) in [6, 6.07) is 3.86. The van der Waals surface area contributed by atoms with Crippen molar-refractivity contribution in [3.05, 3.63) is 33.3 Å². The van der Waals surface area contributed by atoms with Gasteiger partial charge >= 0.3 is 0 Å². The van der Waals surface area contributed by atoms with E-state index in [1.807, 2.05) is 12.1 Å². The summed E-state index contributed by atoms with van der Waals surface area (Å²) in [4.78, 5) is 0. The fourth-order valence-corrected chi connectivity index (χ4v) is 1.34. The molecule has 0 fully saturated rings. The molecule has 0 aromatic heterocycles. The van der Waals surface area contributed by atoms with Crippen LogP contribution in [0.25, 0.3) is 0 Å². The second-order valence-corrected chi connectivity index (χ2v) is 2.96. The van der Waals surface area contributed by atoms with Crippen molar-refractivity contribution in [2.24, 2.45) is 0 Å². The van der Waals surface area contributed by atoms with Gasteiger partial charge < -0.3 is 0 Å². The predicted octanol–water partition coefficient (Wildman–Crippen LogP) is 2.90. The lowest BCUT2D eigenvalue weighted by atomic mass is 10.4. The van der Waals surface area contributed by atoms with Crippen LogP contribution in [0.5, 0.6) is 0 Å². The van der Waals surface area contributed by atoms with Crippen molar-refractivity contribution in [1.82, 2.24) is 0 Å². The van der Waals surface area contributed by atoms with Gasteiger partial charge in [0.15, 0.2) is 0 Å². The summed E-state index contributed by atoms with van der Waals surface area (Å²) in [5, 5.41) is 1.42. The lowest BCUT2D eigenvalue weighted by Gasteiger charge is -1.88. The van der Waals surface area contributed by atoms with Gasteiger partial charge in [0.05, 0.1) is 10.0 Å². The Bertz CT molecular complexity index is 262. The number of hydrogen-bond donors (Lipinski definition) is 0. The van der Waals surface area contributed by atoms with Crippen molar-refractivity contribution in [3.8, 4) is 0 Å². The third kappa shape index (κ3) is 0.742. The molecule has 2 heteroatoms. The maximum absolute atomic E-state index is 5.80. The highest BCUT2D eigenvalue weighted by molar-refractivity contribution is 6.42. The van der Waals surface area contributed by atoms with Crippen LogP contribution in [-0.2, 0) is 6.42 Å². The van der Waals surface area contributed by atoms with E-state index in [4.69, 9.17) is 23.2 Å². The van der Waals surface area contributed by atoms with Crippen molar-refractivity contribution in [2.75, 3.05) is 0 Å². The van der Waals surface area contributed by atoms with Crippen molar-refractivity contribution >= 4 is 23.2 Å². The molecule has 46 valence electrons. The number of halogens is 2. The average Bonchev–Trinajstić information content (AvgIpc) is 2.58. The third-order valence-corrected chi connectivity index (χ3v) is 2.38. The number of rotatable bonds is 0.